The topological polar surface area (TPSA) is 105 Å². The number of benzene rings is 2. The number of aromatic nitrogens is 2. The molecule has 3 rings (SSSR count). The third-order valence-corrected chi connectivity index (χ3v) is 5.12. The summed E-state index contributed by atoms with van der Waals surface area (Å²) in [5, 5.41) is 4.01. The minimum Gasteiger partial charge on any atom is -0.461 e. The first-order chi connectivity index (χ1) is 13.8. The van der Waals surface area contributed by atoms with Crippen molar-refractivity contribution >= 4 is 16.1 Å². The highest BCUT2D eigenvalue weighted by Gasteiger charge is 2.25. The standard InChI is InChI=1S/C20H18N2O6S/c1-3-27-20(24)19-17(28-29(25,26)16-7-5-4-6-8-16)13-18(23)22(21-19)15-11-9-14(2)10-12-15/h4-13H,3H2,1-2H3. The van der Waals surface area contributed by atoms with Gasteiger partial charge in [-0.3, -0.25) is 4.79 Å². The second-order valence-electron chi connectivity index (χ2n) is 6.01. The molecule has 0 atom stereocenters. The van der Waals surface area contributed by atoms with E-state index in [4.69, 9.17) is 8.92 Å². The molecule has 0 radical (unpaired) electrons. The van der Waals surface area contributed by atoms with Gasteiger partial charge in [0.05, 0.1) is 18.4 Å². The van der Waals surface area contributed by atoms with Crippen LogP contribution in [0.15, 0.2) is 70.4 Å². The first kappa shape index (κ1) is 20.3. The lowest BCUT2D eigenvalue weighted by Gasteiger charge is -2.12. The normalized spacial score (nSPS) is 11.1. The van der Waals surface area contributed by atoms with Crippen LogP contribution in [0.5, 0.6) is 5.75 Å². The van der Waals surface area contributed by atoms with E-state index in [9.17, 15) is 18.0 Å². The molecule has 3 aromatic rings. The van der Waals surface area contributed by atoms with Gasteiger partial charge in [0.15, 0.2) is 5.75 Å². The summed E-state index contributed by atoms with van der Waals surface area (Å²) in [5.41, 5.74) is 0.289. The maximum atomic E-state index is 12.6. The summed E-state index contributed by atoms with van der Waals surface area (Å²) >= 11 is 0. The molecule has 0 amide bonds. The third-order valence-electron chi connectivity index (χ3n) is 3.88. The monoisotopic (exact) mass is 414 g/mol. The minimum absolute atomic E-state index is 0.0368. The molecule has 0 bridgehead atoms. The van der Waals surface area contributed by atoms with Gasteiger partial charge in [-0.05, 0) is 38.1 Å². The van der Waals surface area contributed by atoms with Crippen molar-refractivity contribution in [3.8, 4) is 11.4 Å². The zero-order valence-electron chi connectivity index (χ0n) is 15.7. The zero-order chi connectivity index (χ0) is 21.0. The number of ether oxygens (including phenoxy) is 1. The Hall–Kier alpha value is -3.46. The number of nitrogens with zero attached hydrogens (tertiary/aromatic N) is 2. The van der Waals surface area contributed by atoms with E-state index < -0.39 is 33.1 Å². The van der Waals surface area contributed by atoms with Crippen LogP contribution < -0.4 is 9.74 Å². The van der Waals surface area contributed by atoms with Gasteiger partial charge < -0.3 is 8.92 Å². The molecule has 9 heteroatoms. The molecule has 0 N–H and O–H groups in total. The Balaban J connectivity index is 2.11. The maximum Gasteiger partial charge on any atom is 0.362 e. The van der Waals surface area contributed by atoms with Crippen LogP contribution in [-0.4, -0.2) is 30.8 Å². The van der Waals surface area contributed by atoms with E-state index in [1.807, 2.05) is 6.92 Å². The quantitative estimate of drug-likeness (QED) is 0.451. The van der Waals surface area contributed by atoms with Gasteiger partial charge in [0.25, 0.3) is 5.56 Å². The highest BCUT2D eigenvalue weighted by Crippen LogP contribution is 2.21. The van der Waals surface area contributed by atoms with Crippen LogP contribution >= 0.6 is 0 Å². The third kappa shape index (κ3) is 4.52. The summed E-state index contributed by atoms with van der Waals surface area (Å²) < 4.78 is 36.1. The minimum atomic E-state index is -4.28. The van der Waals surface area contributed by atoms with Crippen molar-refractivity contribution in [3.05, 3.63) is 82.3 Å². The van der Waals surface area contributed by atoms with E-state index >= 15 is 0 Å². The Morgan fingerprint density at radius 1 is 1.07 bits per heavy atom. The average molecular weight is 414 g/mol. The molecule has 0 aliphatic heterocycles. The van der Waals surface area contributed by atoms with E-state index in [1.165, 1.54) is 24.3 Å². The van der Waals surface area contributed by atoms with Crippen molar-refractivity contribution in [3.63, 3.8) is 0 Å². The number of carbonyl (C=O) groups is 1. The van der Waals surface area contributed by atoms with Crippen LogP contribution in [0.25, 0.3) is 5.69 Å². The summed E-state index contributed by atoms with van der Waals surface area (Å²) in [7, 11) is -4.28. The molecule has 0 spiro atoms. The Morgan fingerprint density at radius 3 is 2.34 bits per heavy atom. The van der Waals surface area contributed by atoms with E-state index in [2.05, 4.69) is 5.10 Å². The highest BCUT2D eigenvalue weighted by atomic mass is 32.2. The van der Waals surface area contributed by atoms with Gasteiger partial charge in [-0.25, -0.2) is 4.79 Å². The van der Waals surface area contributed by atoms with Gasteiger partial charge in [0.2, 0.25) is 5.69 Å². The van der Waals surface area contributed by atoms with Crippen LogP contribution in [0.4, 0.5) is 0 Å². The molecule has 1 heterocycles. The van der Waals surface area contributed by atoms with Crippen LogP contribution in [0.3, 0.4) is 0 Å². The van der Waals surface area contributed by atoms with Gasteiger partial charge >= 0.3 is 16.1 Å². The molecular formula is C20H18N2O6S. The largest absolute Gasteiger partial charge is 0.461 e. The molecule has 29 heavy (non-hydrogen) atoms. The van der Waals surface area contributed by atoms with Gasteiger partial charge in [-0.1, -0.05) is 35.9 Å². The van der Waals surface area contributed by atoms with Crippen molar-refractivity contribution in [2.24, 2.45) is 0 Å². The number of aryl methyl sites for hydroxylation is 1. The van der Waals surface area contributed by atoms with Crippen LogP contribution in [0.2, 0.25) is 0 Å². The lowest BCUT2D eigenvalue weighted by atomic mass is 10.2. The molecule has 0 unspecified atom stereocenters. The first-order valence-corrected chi connectivity index (χ1v) is 10.1. The molecule has 0 fully saturated rings. The van der Waals surface area contributed by atoms with E-state index in [-0.39, 0.29) is 11.5 Å². The second-order valence-corrected chi connectivity index (χ2v) is 7.56. The smallest absolute Gasteiger partial charge is 0.362 e. The number of hydrogen-bond acceptors (Lipinski definition) is 7. The van der Waals surface area contributed by atoms with Crippen molar-refractivity contribution < 1.29 is 22.1 Å². The molecule has 2 aromatic carbocycles. The summed E-state index contributed by atoms with van der Waals surface area (Å²) in [6, 6.07) is 15.1. The SMILES string of the molecule is CCOC(=O)c1nn(-c2ccc(C)cc2)c(=O)cc1OS(=O)(=O)c1ccccc1. The van der Waals surface area contributed by atoms with Crippen molar-refractivity contribution in [1.29, 1.82) is 0 Å². The Labute approximate surface area is 167 Å². The fourth-order valence-corrected chi connectivity index (χ4v) is 3.42. The van der Waals surface area contributed by atoms with Crippen LogP contribution in [-0.2, 0) is 14.9 Å². The number of hydrogen-bond donors (Lipinski definition) is 0. The molecule has 150 valence electrons. The van der Waals surface area contributed by atoms with E-state index in [0.29, 0.717) is 5.69 Å². The molecule has 0 aliphatic carbocycles. The maximum absolute atomic E-state index is 12.6. The van der Waals surface area contributed by atoms with Crippen molar-refractivity contribution in [2.45, 2.75) is 18.7 Å². The fraction of sp³-hybridized carbons (Fsp3) is 0.150. The molecule has 1 aromatic heterocycles. The summed E-state index contributed by atoms with van der Waals surface area (Å²) in [4.78, 5) is 24.8. The molecule has 0 saturated carbocycles. The van der Waals surface area contributed by atoms with E-state index in [0.717, 1.165) is 16.3 Å². The second kappa shape index (κ2) is 8.27. The first-order valence-electron chi connectivity index (χ1n) is 8.70. The Morgan fingerprint density at radius 2 is 1.72 bits per heavy atom. The van der Waals surface area contributed by atoms with Crippen LogP contribution in [0.1, 0.15) is 23.0 Å². The zero-order valence-corrected chi connectivity index (χ0v) is 16.5. The Bertz CT molecular complexity index is 1190. The van der Waals surface area contributed by atoms with Crippen molar-refractivity contribution in [1.82, 2.24) is 9.78 Å². The molecule has 0 aliphatic rings. The lowest BCUT2D eigenvalue weighted by Crippen LogP contribution is -2.26. The predicted octanol–water partition coefficient (Wildman–Crippen LogP) is 2.49. The summed E-state index contributed by atoms with van der Waals surface area (Å²) in [6.07, 6.45) is 0. The van der Waals surface area contributed by atoms with Gasteiger partial charge in [0, 0.05) is 0 Å². The number of rotatable bonds is 6. The van der Waals surface area contributed by atoms with Gasteiger partial charge in [-0.15, -0.1) is 0 Å². The molecular weight excluding hydrogens is 396 g/mol. The summed E-state index contributed by atoms with van der Waals surface area (Å²) in [5.74, 6) is -1.41. The Kier molecular flexibility index (Phi) is 5.79. The highest BCUT2D eigenvalue weighted by molar-refractivity contribution is 7.87. The fourth-order valence-electron chi connectivity index (χ4n) is 2.47. The van der Waals surface area contributed by atoms with Crippen molar-refractivity contribution in [2.75, 3.05) is 6.61 Å². The predicted molar refractivity (Wildman–Crippen MR) is 105 cm³/mol. The number of carbonyl (C=O) groups excluding carboxylic acids is 1. The molecule has 8 nitrogen and oxygen atoms in total. The molecule has 0 saturated heterocycles. The van der Waals surface area contributed by atoms with Crippen LogP contribution in [0, 0.1) is 6.92 Å². The lowest BCUT2D eigenvalue weighted by molar-refractivity contribution is 0.0515. The number of esters is 1. The van der Waals surface area contributed by atoms with E-state index in [1.54, 1.807) is 37.3 Å². The van der Waals surface area contributed by atoms with Gasteiger partial charge in [-0.2, -0.15) is 18.2 Å². The van der Waals surface area contributed by atoms with Gasteiger partial charge in [0.1, 0.15) is 4.90 Å². The average Bonchev–Trinajstić information content (AvgIpc) is 2.69. The summed E-state index contributed by atoms with van der Waals surface area (Å²) in [6.45, 7) is 3.51.